The number of aryl methyl sites for hydroxylation is 2. The second-order valence-electron chi connectivity index (χ2n) is 2.78. The molecule has 10 heavy (non-hydrogen) atoms. The molecule has 0 fully saturated rings. The van der Waals surface area contributed by atoms with Gasteiger partial charge in [0, 0.05) is 0 Å². The summed E-state index contributed by atoms with van der Waals surface area (Å²) in [5.74, 6) is 0. The molecular formula is C10H12. The van der Waals surface area contributed by atoms with E-state index in [9.17, 15) is 0 Å². The minimum atomic E-state index is 0.862. The summed E-state index contributed by atoms with van der Waals surface area (Å²) in [6.07, 6.45) is 0. The molecule has 0 aliphatic heterocycles. The van der Waals surface area contributed by atoms with E-state index >= 15 is 0 Å². The molecule has 1 aromatic carbocycles. The monoisotopic (exact) mass is 132 g/mol. The zero-order chi connectivity index (χ0) is 7.72. The largest absolute Gasteiger partial charge is 0.0555 e. The summed E-state index contributed by atoms with van der Waals surface area (Å²) < 4.78 is 0. The Morgan fingerprint density at radius 3 is 1.80 bits per heavy atom. The van der Waals surface area contributed by atoms with Crippen LogP contribution in [-0.2, 0) is 0 Å². The smallest absolute Gasteiger partial charge is 0.00118 e. The van der Waals surface area contributed by atoms with Crippen LogP contribution < -0.4 is 0 Å². The van der Waals surface area contributed by atoms with Gasteiger partial charge in [0.05, 0.1) is 0 Å². The molecule has 0 aliphatic rings. The molecule has 1 aromatic rings. The topological polar surface area (TPSA) is 0 Å². The highest BCUT2D eigenvalue weighted by Gasteiger charge is 1.96. The Morgan fingerprint density at radius 2 is 1.40 bits per heavy atom. The second kappa shape index (κ2) is 2.45. The third-order valence-electron chi connectivity index (χ3n) is 1.95. The summed E-state index contributed by atoms with van der Waals surface area (Å²) in [5, 5.41) is 0. The number of rotatable bonds is 0. The third kappa shape index (κ3) is 1.21. The van der Waals surface area contributed by atoms with E-state index in [1.54, 1.807) is 0 Å². The van der Waals surface area contributed by atoms with Gasteiger partial charge in [-0.25, -0.2) is 0 Å². The van der Waals surface area contributed by atoms with Crippen molar-refractivity contribution in [3.63, 3.8) is 0 Å². The van der Waals surface area contributed by atoms with Crippen molar-refractivity contribution < 1.29 is 0 Å². The van der Waals surface area contributed by atoms with Crippen LogP contribution in [0.25, 0.3) is 0 Å². The summed E-state index contributed by atoms with van der Waals surface area (Å²) in [5.41, 5.74) is 4.75. The zero-order valence-electron chi connectivity index (χ0n) is 6.73. The first-order chi connectivity index (χ1) is 4.61. The molecule has 0 bridgehead atoms. The summed E-state index contributed by atoms with van der Waals surface area (Å²) in [7, 11) is 0. The van der Waals surface area contributed by atoms with E-state index in [-0.39, 0.29) is 0 Å². The normalized spacial score (nSPS) is 10.0. The molecule has 0 amide bonds. The first-order valence-electron chi connectivity index (χ1n) is 3.44. The van der Waals surface area contributed by atoms with Gasteiger partial charge in [-0.15, -0.1) is 0 Å². The summed E-state index contributed by atoms with van der Waals surface area (Å²) in [6, 6.07) is 4.00. The molecule has 0 saturated carbocycles. The Bertz CT molecular complexity index is 223. The maximum atomic E-state index is 5.63. The van der Waals surface area contributed by atoms with Crippen LogP contribution in [0, 0.1) is 27.7 Å². The third-order valence-corrected chi connectivity index (χ3v) is 1.95. The molecule has 0 saturated heterocycles. The highest BCUT2D eigenvalue weighted by atomic mass is 14.0. The van der Waals surface area contributed by atoms with Crippen molar-refractivity contribution in [2.45, 2.75) is 20.8 Å². The van der Waals surface area contributed by atoms with Crippen LogP contribution in [0.1, 0.15) is 22.3 Å². The van der Waals surface area contributed by atoms with Crippen LogP contribution in [0.15, 0.2) is 12.1 Å². The van der Waals surface area contributed by atoms with Gasteiger partial charge >= 0.3 is 0 Å². The average Bonchev–Trinajstić information content (AvgIpc) is 1.82. The van der Waals surface area contributed by atoms with Crippen molar-refractivity contribution in [2.24, 2.45) is 0 Å². The van der Waals surface area contributed by atoms with Gasteiger partial charge in [-0.3, -0.25) is 0 Å². The number of benzene rings is 1. The first-order valence-corrected chi connectivity index (χ1v) is 3.44. The van der Waals surface area contributed by atoms with Gasteiger partial charge in [-0.2, -0.15) is 0 Å². The van der Waals surface area contributed by atoms with Crippen LogP contribution in [0.5, 0.6) is 0 Å². The van der Waals surface area contributed by atoms with Gasteiger partial charge < -0.3 is 0 Å². The minimum Gasteiger partial charge on any atom is -0.0555 e. The van der Waals surface area contributed by atoms with E-state index < -0.39 is 0 Å². The predicted molar refractivity (Wildman–Crippen MR) is 44.1 cm³/mol. The highest BCUT2D eigenvalue weighted by molar-refractivity contribution is 5.37. The summed E-state index contributed by atoms with van der Waals surface area (Å²) >= 11 is 0. The Hall–Kier alpha value is -0.780. The van der Waals surface area contributed by atoms with Gasteiger partial charge in [0.15, 0.2) is 0 Å². The van der Waals surface area contributed by atoms with Crippen molar-refractivity contribution in [1.82, 2.24) is 0 Å². The SMILES string of the molecule is [CH]c1cc(C)c(C)c(C)c1. The number of hydrogen-bond donors (Lipinski definition) is 0. The molecule has 0 atom stereocenters. The lowest BCUT2D eigenvalue weighted by Gasteiger charge is -2.04. The summed E-state index contributed by atoms with van der Waals surface area (Å²) in [6.45, 7) is 11.9. The van der Waals surface area contributed by atoms with Crippen LogP contribution in [-0.4, -0.2) is 0 Å². The van der Waals surface area contributed by atoms with Crippen molar-refractivity contribution >= 4 is 0 Å². The van der Waals surface area contributed by atoms with E-state index in [4.69, 9.17) is 6.92 Å². The van der Waals surface area contributed by atoms with Gasteiger partial charge in [-0.1, -0.05) is 12.1 Å². The molecule has 52 valence electrons. The Morgan fingerprint density at radius 1 is 1.00 bits per heavy atom. The molecular weight excluding hydrogens is 120 g/mol. The molecule has 0 unspecified atom stereocenters. The summed E-state index contributed by atoms with van der Waals surface area (Å²) in [4.78, 5) is 0. The van der Waals surface area contributed by atoms with Crippen molar-refractivity contribution in [1.29, 1.82) is 0 Å². The standard InChI is InChI=1S/C10H12/c1-7-5-8(2)10(4)9(3)6-7/h1,5-6H,2-4H3. The fraction of sp³-hybridized carbons (Fsp3) is 0.300. The van der Waals surface area contributed by atoms with E-state index in [0.29, 0.717) is 0 Å². The molecule has 0 heteroatoms. The Labute approximate surface area is 62.9 Å². The maximum absolute atomic E-state index is 5.63. The molecule has 0 aromatic heterocycles. The minimum absolute atomic E-state index is 0.862. The van der Waals surface area contributed by atoms with Crippen LogP contribution >= 0.6 is 0 Å². The zero-order valence-corrected chi connectivity index (χ0v) is 6.73. The van der Waals surface area contributed by atoms with E-state index in [1.807, 2.05) is 12.1 Å². The van der Waals surface area contributed by atoms with Crippen LogP contribution in [0.2, 0.25) is 0 Å². The molecule has 0 N–H and O–H groups in total. The van der Waals surface area contributed by atoms with Crippen LogP contribution in [0.4, 0.5) is 0 Å². The van der Waals surface area contributed by atoms with Crippen molar-refractivity contribution in [3.8, 4) is 0 Å². The fourth-order valence-electron chi connectivity index (χ4n) is 1.07. The average molecular weight is 132 g/mol. The quantitative estimate of drug-likeness (QED) is 0.509. The molecule has 2 radical (unpaired) electrons. The second-order valence-corrected chi connectivity index (χ2v) is 2.78. The number of hydrogen-bond acceptors (Lipinski definition) is 0. The van der Waals surface area contributed by atoms with E-state index in [0.717, 1.165) is 5.56 Å². The molecule has 0 nitrogen and oxygen atoms in total. The van der Waals surface area contributed by atoms with Crippen molar-refractivity contribution in [2.75, 3.05) is 0 Å². The Kier molecular flexibility index (Phi) is 1.80. The maximum Gasteiger partial charge on any atom is -0.00118 e. The van der Waals surface area contributed by atoms with Crippen molar-refractivity contribution in [3.05, 3.63) is 41.3 Å². The molecule has 0 heterocycles. The molecule has 0 spiro atoms. The fourth-order valence-corrected chi connectivity index (χ4v) is 1.07. The van der Waals surface area contributed by atoms with E-state index in [1.165, 1.54) is 16.7 Å². The predicted octanol–water partition coefficient (Wildman–Crippen LogP) is 2.67. The first kappa shape index (κ1) is 7.33. The van der Waals surface area contributed by atoms with Gasteiger partial charge in [0.1, 0.15) is 0 Å². The lowest BCUT2D eigenvalue weighted by atomic mass is 10.0. The van der Waals surface area contributed by atoms with Gasteiger partial charge in [0.25, 0.3) is 0 Å². The van der Waals surface area contributed by atoms with Crippen LogP contribution in [0.3, 0.4) is 0 Å². The van der Waals surface area contributed by atoms with Gasteiger partial charge in [0.2, 0.25) is 0 Å². The Balaban J connectivity index is 3.31. The molecule has 1 rings (SSSR count). The van der Waals surface area contributed by atoms with E-state index in [2.05, 4.69) is 20.8 Å². The van der Waals surface area contributed by atoms with Gasteiger partial charge in [-0.05, 0) is 49.9 Å². The highest BCUT2D eigenvalue weighted by Crippen LogP contribution is 2.13. The molecule has 0 aliphatic carbocycles. The lowest BCUT2D eigenvalue weighted by molar-refractivity contribution is 1.25. The lowest BCUT2D eigenvalue weighted by Crippen LogP contribution is -1.86.